The molecule has 4 rings (SSSR count). The Balaban J connectivity index is 1.92. The first-order valence-electron chi connectivity index (χ1n) is 12.9. The third kappa shape index (κ3) is 6.47. The zero-order chi connectivity index (χ0) is 27.1. The molecular formula is C31H32Cl2N2O3. The number of hydrogen-bond donors (Lipinski definition) is 1. The Hall–Kier alpha value is -3.12. The minimum Gasteiger partial charge on any atom is -0.458 e. The van der Waals surface area contributed by atoms with Crippen LogP contribution in [0.2, 0.25) is 5.02 Å². The molecule has 0 aliphatic carbocycles. The maximum atomic E-state index is 13.9. The van der Waals surface area contributed by atoms with E-state index in [4.69, 9.17) is 33.4 Å². The molecule has 0 saturated carbocycles. The van der Waals surface area contributed by atoms with E-state index in [0.717, 1.165) is 11.1 Å². The summed E-state index contributed by atoms with van der Waals surface area (Å²) in [6.07, 6.45) is 2.14. The summed E-state index contributed by atoms with van der Waals surface area (Å²) in [6.45, 7) is 2.82. The van der Waals surface area contributed by atoms with Gasteiger partial charge >= 0.3 is 0 Å². The molecule has 0 spiro atoms. The maximum Gasteiger partial charge on any atom is 0.254 e. The fourth-order valence-electron chi connectivity index (χ4n) is 4.68. The molecule has 0 radical (unpaired) electrons. The van der Waals surface area contributed by atoms with E-state index in [0.29, 0.717) is 77.5 Å². The smallest absolute Gasteiger partial charge is 0.254 e. The van der Waals surface area contributed by atoms with E-state index in [2.05, 4.69) is 0 Å². The normalized spacial score (nSPS) is 12.0. The fourth-order valence-corrected chi connectivity index (χ4v) is 5.00. The molecule has 1 aromatic heterocycles. The Morgan fingerprint density at radius 2 is 1.76 bits per heavy atom. The SMILES string of the molecule is Cc1ccc(C(=O)N(CCCN)C(CCCCl)c2oc3cc(Cl)ccc3c(=O)c2Cc2ccccc2)cc1. The number of fused-ring (bicyclic) bond motifs is 1. The zero-order valence-electron chi connectivity index (χ0n) is 21.5. The van der Waals surface area contributed by atoms with Gasteiger partial charge in [0.1, 0.15) is 11.3 Å². The number of amides is 1. The first-order valence-corrected chi connectivity index (χ1v) is 13.8. The number of nitrogens with two attached hydrogens (primary N) is 1. The lowest BCUT2D eigenvalue weighted by Crippen LogP contribution is -2.38. The van der Waals surface area contributed by atoms with Crippen molar-refractivity contribution in [3.05, 3.63) is 116 Å². The van der Waals surface area contributed by atoms with Crippen molar-refractivity contribution in [1.29, 1.82) is 0 Å². The number of carbonyl (C=O) groups excluding carboxylic acids is 1. The van der Waals surface area contributed by atoms with Crippen molar-refractivity contribution in [2.75, 3.05) is 19.0 Å². The van der Waals surface area contributed by atoms with Crippen LogP contribution in [-0.2, 0) is 6.42 Å². The second kappa shape index (κ2) is 13.1. The highest BCUT2D eigenvalue weighted by Crippen LogP contribution is 2.33. The number of rotatable bonds is 11. The molecule has 0 saturated heterocycles. The molecular weight excluding hydrogens is 519 g/mol. The first-order chi connectivity index (χ1) is 18.4. The molecule has 5 nitrogen and oxygen atoms in total. The predicted octanol–water partition coefficient (Wildman–Crippen LogP) is 6.90. The monoisotopic (exact) mass is 550 g/mol. The van der Waals surface area contributed by atoms with E-state index < -0.39 is 6.04 Å². The lowest BCUT2D eigenvalue weighted by molar-refractivity contribution is 0.0638. The quantitative estimate of drug-likeness (QED) is 0.206. The van der Waals surface area contributed by atoms with Crippen molar-refractivity contribution in [3.8, 4) is 0 Å². The summed E-state index contributed by atoms with van der Waals surface area (Å²) in [7, 11) is 0. The molecule has 1 amide bonds. The summed E-state index contributed by atoms with van der Waals surface area (Å²) in [5, 5.41) is 0.925. The lowest BCUT2D eigenvalue weighted by atomic mass is 9.95. The Morgan fingerprint density at radius 1 is 1.03 bits per heavy atom. The average Bonchev–Trinajstić information content (AvgIpc) is 2.92. The highest BCUT2D eigenvalue weighted by molar-refractivity contribution is 6.31. The van der Waals surface area contributed by atoms with E-state index in [-0.39, 0.29) is 11.3 Å². The van der Waals surface area contributed by atoms with Gasteiger partial charge in [-0.1, -0.05) is 59.6 Å². The van der Waals surface area contributed by atoms with Crippen molar-refractivity contribution >= 4 is 40.1 Å². The Morgan fingerprint density at radius 3 is 2.45 bits per heavy atom. The fraction of sp³-hybridized carbons (Fsp3) is 0.290. The average molecular weight is 552 g/mol. The van der Waals surface area contributed by atoms with Crippen LogP contribution in [0.25, 0.3) is 11.0 Å². The summed E-state index contributed by atoms with van der Waals surface area (Å²) in [5.41, 5.74) is 9.28. The van der Waals surface area contributed by atoms with Gasteiger partial charge in [-0.05, 0) is 62.6 Å². The van der Waals surface area contributed by atoms with Gasteiger partial charge in [0.2, 0.25) is 0 Å². The molecule has 38 heavy (non-hydrogen) atoms. The summed E-state index contributed by atoms with van der Waals surface area (Å²) >= 11 is 12.4. The Bertz CT molecular complexity index is 1440. The second-order valence-electron chi connectivity index (χ2n) is 9.43. The lowest BCUT2D eigenvalue weighted by Gasteiger charge is -2.32. The van der Waals surface area contributed by atoms with Gasteiger partial charge in [-0.2, -0.15) is 0 Å². The molecule has 2 N–H and O–H groups in total. The Kier molecular flexibility index (Phi) is 9.62. The molecule has 0 aliphatic rings. The molecule has 4 aromatic rings. The molecule has 7 heteroatoms. The van der Waals surface area contributed by atoms with Crippen LogP contribution >= 0.6 is 23.2 Å². The Labute approximate surface area is 233 Å². The summed E-state index contributed by atoms with van der Waals surface area (Å²) in [5.74, 6) is 0.742. The molecule has 1 unspecified atom stereocenters. The molecule has 3 aromatic carbocycles. The third-order valence-corrected chi connectivity index (χ3v) is 7.16. The third-order valence-electron chi connectivity index (χ3n) is 6.66. The molecule has 198 valence electrons. The molecule has 1 heterocycles. The number of alkyl halides is 1. The van der Waals surface area contributed by atoms with Crippen molar-refractivity contribution in [2.24, 2.45) is 5.73 Å². The predicted molar refractivity (Wildman–Crippen MR) is 155 cm³/mol. The van der Waals surface area contributed by atoms with Gasteiger partial charge in [-0.25, -0.2) is 0 Å². The number of nitrogens with zero attached hydrogens (tertiary/aromatic N) is 1. The summed E-state index contributed by atoms with van der Waals surface area (Å²) in [6, 6.07) is 21.8. The van der Waals surface area contributed by atoms with Crippen LogP contribution in [0.5, 0.6) is 0 Å². The summed E-state index contributed by atoms with van der Waals surface area (Å²) in [4.78, 5) is 29.6. The van der Waals surface area contributed by atoms with Crippen molar-refractivity contribution in [3.63, 3.8) is 0 Å². The van der Waals surface area contributed by atoms with Gasteiger partial charge in [0, 0.05) is 41.1 Å². The van der Waals surface area contributed by atoms with Crippen molar-refractivity contribution in [1.82, 2.24) is 4.90 Å². The van der Waals surface area contributed by atoms with Crippen LogP contribution in [0.1, 0.15) is 58.1 Å². The van der Waals surface area contributed by atoms with E-state index >= 15 is 0 Å². The van der Waals surface area contributed by atoms with Crippen LogP contribution in [0.3, 0.4) is 0 Å². The minimum absolute atomic E-state index is 0.126. The molecule has 0 aliphatic heterocycles. The van der Waals surface area contributed by atoms with Gasteiger partial charge < -0.3 is 15.1 Å². The van der Waals surface area contributed by atoms with Crippen LogP contribution < -0.4 is 11.2 Å². The van der Waals surface area contributed by atoms with Gasteiger partial charge in [-0.15, -0.1) is 11.6 Å². The van der Waals surface area contributed by atoms with Gasteiger partial charge in [0.15, 0.2) is 5.43 Å². The van der Waals surface area contributed by atoms with Crippen LogP contribution in [-0.4, -0.2) is 29.8 Å². The van der Waals surface area contributed by atoms with Gasteiger partial charge in [-0.3, -0.25) is 9.59 Å². The zero-order valence-corrected chi connectivity index (χ0v) is 23.0. The largest absolute Gasteiger partial charge is 0.458 e. The number of carbonyl (C=O) groups is 1. The molecule has 1 atom stereocenters. The summed E-state index contributed by atoms with van der Waals surface area (Å²) < 4.78 is 6.50. The van der Waals surface area contributed by atoms with E-state index in [1.165, 1.54) is 0 Å². The number of benzene rings is 3. The van der Waals surface area contributed by atoms with Gasteiger partial charge in [0.25, 0.3) is 5.91 Å². The maximum absolute atomic E-state index is 13.9. The number of aryl methyl sites for hydroxylation is 1. The van der Waals surface area contributed by atoms with Gasteiger partial charge in [0.05, 0.1) is 11.4 Å². The van der Waals surface area contributed by atoms with Crippen LogP contribution in [0, 0.1) is 6.92 Å². The van der Waals surface area contributed by atoms with E-state index in [1.807, 2.05) is 61.5 Å². The highest BCUT2D eigenvalue weighted by Gasteiger charge is 2.31. The van der Waals surface area contributed by atoms with E-state index in [9.17, 15) is 9.59 Å². The van der Waals surface area contributed by atoms with Crippen molar-refractivity contribution < 1.29 is 9.21 Å². The molecule has 0 bridgehead atoms. The standard InChI is InChI=1S/C31H32Cl2N2O3/c1-21-10-12-23(13-11-21)31(37)35(18-6-17-34)27(9-5-16-32)30-26(19-22-7-3-2-4-8-22)29(36)25-15-14-24(33)20-28(25)38-30/h2-4,7-8,10-15,20,27H,5-6,9,16-19,34H2,1H3. The minimum atomic E-state index is -0.510. The van der Waals surface area contributed by atoms with Crippen LogP contribution in [0.4, 0.5) is 0 Å². The highest BCUT2D eigenvalue weighted by atomic mass is 35.5. The second-order valence-corrected chi connectivity index (χ2v) is 10.2. The topological polar surface area (TPSA) is 76.5 Å². The van der Waals surface area contributed by atoms with E-state index in [1.54, 1.807) is 23.1 Å². The molecule has 0 fully saturated rings. The first kappa shape index (κ1) is 27.9. The number of hydrogen-bond acceptors (Lipinski definition) is 4. The number of halogens is 2. The van der Waals surface area contributed by atoms with Crippen LogP contribution in [0.15, 0.2) is 82.0 Å². The van der Waals surface area contributed by atoms with Crippen molar-refractivity contribution in [2.45, 2.75) is 38.6 Å².